The number of aliphatic hydroxyl groups is 1. The molecule has 0 aromatic heterocycles. The predicted molar refractivity (Wildman–Crippen MR) is 72.5 cm³/mol. The molecule has 4 heteroatoms. The lowest BCUT2D eigenvalue weighted by atomic mass is 10.0. The fourth-order valence-electron chi connectivity index (χ4n) is 2.14. The third-order valence-electron chi connectivity index (χ3n) is 3.17. The minimum atomic E-state index is -0.599. The van der Waals surface area contributed by atoms with Crippen LogP contribution in [0.1, 0.15) is 18.4 Å². The summed E-state index contributed by atoms with van der Waals surface area (Å²) < 4.78 is 15.9. The van der Waals surface area contributed by atoms with Crippen LogP contribution in [0.3, 0.4) is 0 Å². The molecule has 2 rings (SSSR count). The van der Waals surface area contributed by atoms with E-state index in [1.54, 1.807) is 14.2 Å². The molecule has 1 aliphatic heterocycles. The van der Waals surface area contributed by atoms with E-state index in [-0.39, 0.29) is 0 Å². The molecule has 0 amide bonds. The average molecular weight is 264 g/mol. The van der Waals surface area contributed by atoms with Crippen molar-refractivity contribution in [1.29, 1.82) is 0 Å². The van der Waals surface area contributed by atoms with Gasteiger partial charge < -0.3 is 19.3 Å². The van der Waals surface area contributed by atoms with Gasteiger partial charge in [0.25, 0.3) is 0 Å². The van der Waals surface area contributed by atoms with E-state index in [1.807, 2.05) is 24.3 Å². The standard InChI is InChI=1S/C15H20O4/c1-17-14-7-6-11(10-15(14)18-2)9-12(16)13-5-3-4-8-19-13/h5-7,10,12,16H,3-4,8-9H2,1-2H3. The van der Waals surface area contributed by atoms with Crippen molar-refractivity contribution in [3.63, 3.8) is 0 Å². The van der Waals surface area contributed by atoms with Gasteiger partial charge in [-0.05, 0) is 36.6 Å². The maximum Gasteiger partial charge on any atom is 0.160 e. The molecular formula is C15H20O4. The van der Waals surface area contributed by atoms with Gasteiger partial charge in [0.1, 0.15) is 11.9 Å². The SMILES string of the molecule is COc1ccc(CC(O)C2=CCCCO2)cc1OC. The minimum absolute atomic E-state index is 0.506. The van der Waals surface area contributed by atoms with Crippen LogP contribution in [0.25, 0.3) is 0 Å². The maximum atomic E-state index is 10.2. The summed E-state index contributed by atoms with van der Waals surface area (Å²) in [5, 5.41) is 10.2. The third-order valence-corrected chi connectivity index (χ3v) is 3.17. The zero-order chi connectivity index (χ0) is 13.7. The zero-order valence-corrected chi connectivity index (χ0v) is 11.4. The summed E-state index contributed by atoms with van der Waals surface area (Å²) >= 11 is 0. The zero-order valence-electron chi connectivity index (χ0n) is 11.4. The number of benzene rings is 1. The second-order valence-corrected chi connectivity index (χ2v) is 4.51. The molecule has 0 saturated heterocycles. The van der Waals surface area contributed by atoms with Crippen LogP contribution in [0.2, 0.25) is 0 Å². The molecule has 4 nitrogen and oxygen atoms in total. The van der Waals surface area contributed by atoms with Crippen LogP contribution in [0, 0.1) is 0 Å². The van der Waals surface area contributed by atoms with Crippen molar-refractivity contribution < 1.29 is 19.3 Å². The second kappa shape index (κ2) is 6.48. The van der Waals surface area contributed by atoms with E-state index in [0.717, 1.165) is 18.4 Å². The molecule has 1 aliphatic rings. The van der Waals surface area contributed by atoms with Gasteiger partial charge in [0.15, 0.2) is 11.5 Å². The van der Waals surface area contributed by atoms with Crippen molar-refractivity contribution in [3.8, 4) is 11.5 Å². The summed E-state index contributed by atoms with van der Waals surface area (Å²) in [5.41, 5.74) is 0.986. The number of aliphatic hydroxyl groups excluding tert-OH is 1. The van der Waals surface area contributed by atoms with Gasteiger partial charge in [-0.3, -0.25) is 0 Å². The lowest BCUT2D eigenvalue weighted by molar-refractivity contribution is 0.0917. The van der Waals surface area contributed by atoms with Crippen molar-refractivity contribution >= 4 is 0 Å². The normalized spacial score (nSPS) is 16.3. The molecule has 1 unspecified atom stereocenters. The largest absolute Gasteiger partial charge is 0.495 e. The van der Waals surface area contributed by atoms with Crippen LogP contribution in [0.4, 0.5) is 0 Å². The van der Waals surface area contributed by atoms with Crippen LogP contribution in [-0.4, -0.2) is 32.0 Å². The van der Waals surface area contributed by atoms with Crippen molar-refractivity contribution in [3.05, 3.63) is 35.6 Å². The first-order valence-corrected chi connectivity index (χ1v) is 6.46. The number of hydrogen-bond acceptors (Lipinski definition) is 4. The predicted octanol–water partition coefficient (Wildman–Crippen LogP) is 2.30. The quantitative estimate of drug-likeness (QED) is 0.886. The van der Waals surface area contributed by atoms with Crippen LogP contribution < -0.4 is 9.47 Å². The Morgan fingerprint density at radius 2 is 2.05 bits per heavy atom. The van der Waals surface area contributed by atoms with E-state index in [2.05, 4.69) is 0 Å². The number of allylic oxidation sites excluding steroid dienone is 1. The highest BCUT2D eigenvalue weighted by atomic mass is 16.5. The van der Waals surface area contributed by atoms with Crippen LogP contribution in [0.15, 0.2) is 30.0 Å². The molecule has 1 N–H and O–H groups in total. The molecule has 1 aromatic rings. The fourth-order valence-corrected chi connectivity index (χ4v) is 2.14. The van der Waals surface area contributed by atoms with Crippen molar-refractivity contribution in [1.82, 2.24) is 0 Å². The smallest absolute Gasteiger partial charge is 0.160 e. The Morgan fingerprint density at radius 3 is 2.68 bits per heavy atom. The minimum Gasteiger partial charge on any atom is -0.495 e. The monoisotopic (exact) mass is 264 g/mol. The molecule has 0 fully saturated rings. The molecule has 1 atom stereocenters. The topological polar surface area (TPSA) is 47.9 Å². The summed E-state index contributed by atoms with van der Waals surface area (Å²) in [6.45, 7) is 0.689. The van der Waals surface area contributed by atoms with E-state index in [4.69, 9.17) is 14.2 Å². The van der Waals surface area contributed by atoms with Crippen LogP contribution in [0.5, 0.6) is 11.5 Å². The average Bonchev–Trinajstić information content (AvgIpc) is 2.48. The first-order valence-electron chi connectivity index (χ1n) is 6.46. The van der Waals surface area contributed by atoms with E-state index >= 15 is 0 Å². The molecule has 0 bridgehead atoms. The number of ether oxygens (including phenoxy) is 3. The highest BCUT2D eigenvalue weighted by molar-refractivity contribution is 5.43. The lowest BCUT2D eigenvalue weighted by Gasteiger charge is -2.20. The Hall–Kier alpha value is -1.68. The van der Waals surface area contributed by atoms with Gasteiger partial charge in [0, 0.05) is 6.42 Å². The highest BCUT2D eigenvalue weighted by Crippen LogP contribution is 2.28. The lowest BCUT2D eigenvalue weighted by Crippen LogP contribution is -2.18. The Kier molecular flexibility index (Phi) is 4.68. The van der Waals surface area contributed by atoms with Crippen molar-refractivity contribution in [2.75, 3.05) is 20.8 Å². The first kappa shape index (κ1) is 13.7. The summed E-state index contributed by atoms with van der Waals surface area (Å²) in [6.07, 6.45) is 3.87. The summed E-state index contributed by atoms with van der Waals surface area (Å²) in [5.74, 6) is 2.04. The molecule has 0 radical (unpaired) electrons. The van der Waals surface area contributed by atoms with E-state index in [1.165, 1.54) is 0 Å². The van der Waals surface area contributed by atoms with Crippen molar-refractivity contribution in [2.24, 2.45) is 0 Å². The number of hydrogen-bond donors (Lipinski definition) is 1. The number of rotatable bonds is 5. The molecule has 19 heavy (non-hydrogen) atoms. The Morgan fingerprint density at radius 1 is 1.26 bits per heavy atom. The van der Waals surface area contributed by atoms with E-state index < -0.39 is 6.10 Å². The number of methoxy groups -OCH3 is 2. The summed E-state index contributed by atoms with van der Waals surface area (Å²) in [6, 6.07) is 5.65. The molecule has 1 heterocycles. The van der Waals surface area contributed by atoms with Crippen molar-refractivity contribution in [2.45, 2.75) is 25.4 Å². The molecule has 1 aromatic carbocycles. The van der Waals surface area contributed by atoms with Gasteiger partial charge in [-0.15, -0.1) is 0 Å². The maximum absolute atomic E-state index is 10.2. The van der Waals surface area contributed by atoms with Crippen LogP contribution in [-0.2, 0) is 11.2 Å². The van der Waals surface area contributed by atoms with Gasteiger partial charge in [-0.25, -0.2) is 0 Å². The van der Waals surface area contributed by atoms with Crippen LogP contribution >= 0.6 is 0 Å². The van der Waals surface area contributed by atoms with Gasteiger partial charge in [0.2, 0.25) is 0 Å². The molecule has 0 saturated carbocycles. The van der Waals surface area contributed by atoms with Gasteiger partial charge in [0.05, 0.1) is 20.8 Å². The first-order chi connectivity index (χ1) is 9.24. The molecular weight excluding hydrogens is 244 g/mol. The van der Waals surface area contributed by atoms with E-state index in [9.17, 15) is 5.11 Å². The van der Waals surface area contributed by atoms with Gasteiger partial charge in [-0.1, -0.05) is 6.07 Å². The summed E-state index contributed by atoms with van der Waals surface area (Å²) in [4.78, 5) is 0. The third kappa shape index (κ3) is 3.41. The Balaban J connectivity index is 2.08. The second-order valence-electron chi connectivity index (χ2n) is 4.51. The fraction of sp³-hybridized carbons (Fsp3) is 0.467. The van der Waals surface area contributed by atoms with Gasteiger partial charge >= 0.3 is 0 Å². The molecule has 0 spiro atoms. The highest BCUT2D eigenvalue weighted by Gasteiger charge is 2.16. The molecule has 104 valence electrons. The van der Waals surface area contributed by atoms with E-state index in [0.29, 0.717) is 30.3 Å². The molecule has 0 aliphatic carbocycles. The Labute approximate surface area is 113 Å². The van der Waals surface area contributed by atoms with Gasteiger partial charge in [-0.2, -0.15) is 0 Å². The Bertz CT molecular complexity index is 453. The summed E-state index contributed by atoms with van der Waals surface area (Å²) in [7, 11) is 3.21.